The van der Waals surface area contributed by atoms with Gasteiger partial charge in [0.1, 0.15) is 0 Å². The van der Waals surface area contributed by atoms with E-state index in [0.29, 0.717) is 6.54 Å². The molecule has 1 N–H and O–H groups in total. The highest BCUT2D eigenvalue weighted by molar-refractivity contribution is 7.98. The fraction of sp³-hybridized carbons (Fsp3) is 0.818. The van der Waals surface area contributed by atoms with Crippen molar-refractivity contribution in [2.75, 3.05) is 32.3 Å². The maximum absolute atomic E-state index is 11.8. The first kappa shape index (κ1) is 14.3. The number of carbonyl (C=O) groups excluding carboxylic acids is 2. The number of aliphatic hydroxyl groups is 1. The van der Waals surface area contributed by atoms with Crippen LogP contribution in [0.25, 0.3) is 0 Å². The molecular weight excluding hydrogens is 242 g/mol. The molecule has 2 unspecified atom stereocenters. The summed E-state index contributed by atoms with van der Waals surface area (Å²) >= 11 is 1.68. The first-order valence-corrected chi connectivity index (χ1v) is 7.00. The Kier molecular flexibility index (Phi) is 5.77. The van der Waals surface area contributed by atoms with Gasteiger partial charge < -0.3 is 14.7 Å². The Morgan fingerprint density at radius 3 is 2.94 bits per heavy atom. The van der Waals surface area contributed by atoms with Gasteiger partial charge in [-0.05, 0) is 18.4 Å². The fourth-order valence-electron chi connectivity index (χ4n) is 2.01. The monoisotopic (exact) mass is 261 g/mol. The van der Waals surface area contributed by atoms with Crippen LogP contribution in [0.3, 0.4) is 0 Å². The molecule has 98 valence electrons. The van der Waals surface area contributed by atoms with E-state index in [1.165, 1.54) is 7.11 Å². The van der Waals surface area contributed by atoms with Crippen LogP contribution in [0, 0.1) is 5.92 Å². The molecule has 1 amide bonds. The largest absolute Gasteiger partial charge is 0.469 e. The predicted molar refractivity (Wildman–Crippen MR) is 65.7 cm³/mol. The predicted octanol–water partition coefficient (Wildman–Crippen LogP) is 0.122. The summed E-state index contributed by atoms with van der Waals surface area (Å²) in [6.07, 6.45) is 2.93. The summed E-state index contributed by atoms with van der Waals surface area (Å²) in [5.41, 5.74) is 0. The van der Waals surface area contributed by atoms with E-state index in [0.717, 1.165) is 12.2 Å². The molecule has 5 nitrogen and oxygen atoms in total. The van der Waals surface area contributed by atoms with Crippen LogP contribution in [-0.4, -0.2) is 60.2 Å². The van der Waals surface area contributed by atoms with Crippen molar-refractivity contribution in [2.24, 2.45) is 5.92 Å². The van der Waals surface area contributed by atoms with E-state index in [2.05, 4.69) is 4.74 Å². The molecule has 0 aromatic heterocycles. The molecule has 6 heteroatoms. The third kappa shape index (κ3) is 3.61. The number of carbonyl (C=O) groups is 2. The van der Waals surface area contributed by atoms with Crippen LogP contribution in [-0.2, 0) is 14.3 Å². The summed E-state index contributed by atoms with van der Waals surface area (Å²) in [7, 11) is 1.33. The quantitative estimate of drug-likeness (QED) is 0.688. The molecule has 17 heavy (non-hydrogen) atoms. The molecule has 0 saturated carbocycles. The number of rotatable bonds is 6. The number of thioether (sulfide) groups is 1. The fourth-order valence-corrected chi connectivity index (χ4v) is 2.52. The number of likely N-dealkylation sites (tertiary alicyclic amines) is 1. The Morgan fingerprint density at radius 1 is 1.71 bits per heavy atom. The third-order valence-corrected chi connectivity index (χ3v) is 3.64. The average Bonchev–Trinajstić information content (AvgIpc) is 2.72. The smallest absolute Gasteiger partial charge is 0.310 e. The van der Waals surface area contributed by atoms with Crippen LogP contribution in [0.1, 0.15) is 12.8 Å². The van der Waals surface area contributed by atoms with Gasteiger partial charge in [-0.3, -0.25) is 9.59 Å². The standard InChI is InChI=1S/C11H19NO4S/c1-16-11(15)8-5-10(14)12(6-8)9(7-13)3-4-17-2/h8-9,13H,3-7H2,1-2H3. The zero-order chi connectivity index (χ0) is 12.8. The van der Waals surface area contributed by atoms with Crippen molar-refractivity contribution >= 4 is 23.6 Å². The number of aliphatic hydroxyl groups excluding tert-OH is 1. The average molecular weight is 261 g/mol. The minimum absolute atomic E-state index is 0.0554. The second-order valence-corrected chi connectivity index (χ2v) is 5.07. The number of esters is 1. The first-order chi connectivity index (χ1) is 8.13. The molecule has 1 aliphatic rings. The summed E-state index contributed by atoms with van der Waals surface area (Å²) in [5.74, 6) is 0.0940. The van der Waals surface area contributed by atoms with Crippen molar-refractivity contribution in [3.8, 4) is 0 Å². The third-order valence-electron chi connectivity index (χ3n) is 3.00. The molecule has 1 heterocycles. The van der Waals surface area contributed by atoms with Crippen molar-refractivity contribution in [3.63, 3.8) is 0 Å². The lowest BCUT2D eigenvalue weighted by molar-refractivity contribution is -0.145. The van der Waals surface area contributed by atoms with E-state index >= 15 is 0 Å². The molecular formula is C11H19NO4S. The Morgan fingerprint density at radius 2 is 2.41 bits per heavy atom. The van der Waals surface area contributed by atoms with Crippen LogP contribution in [0.4, 0.5) is 0 Å². The maximum atomic E-state index is 11.8. The van der Waals surface area contributed by atoms with Gasteiger partial charge in [0.25, 0.3) is 0 Å². The first-order valence-electron chi connectivity index (χ1n) is 5.61. The van der Waals surface area contributed by atoms with Gasteiger partial charge in [0, 0.05) is 13.0 Å². The summed E-state index contributed by atoms with van der Waals surface area (Å²) in [4.78, 5) is 24.7. The molecule has 0 spiro atoms. The van der Waals surface area contributed by atoms with Crippen LogP contribution in [0.5, 0.6) is 0 Å². The highest BCUT2D eigenvalue weighted by atomic mass is 32.2. The van der Waals surface area contributed by atoms with Gasteiger partial charge >= 0.3 is 5.97 Å². The number of amides is 1. The number of hydrogen-bond acceptors (Lipinski definition) is 5. The highest BCUT2D eigenvalue weighted by Crippen LogP contribution is 2.23. The summed E-state index contributed by atoms with van der Waals surface area (Å²) < 4.78 is 4.64. The lowest BCUT2D eigenvalue weighted by Crippen LogP contribution is -2.40. The van der Waals surface area contributed by atoms with E-state index in [1.807, 2.05) is 6.26 Å². The van der Waals surface area contributed by atoms with Crippen molar-refractivity contribution in [1.82, 2.24) is 4.90 Å². The van der Waals surface area contributed by atoms with Gasteiger partial charge in [-0.2, -0.15) is 11.8 Å². The number of hydrogen-bond donors (Lipinski definition) is 1. The molecule has 1 rings (SSSR count). The molecule has 0 aliphatic carbocycles. The zero-order valence-electron chi connectivity index (χ0n) is 10.2. The molecule has 0 radical (unpaired) electrons. The van der Waals surface area contributed by atoms with E-state index in [-0.39, 0.29) is 36.9 Å². The number of ether oxygens (including phenoxy) is 1. The molecule has 0 aromatic rings. The molecule has 1 aliphatic heterocycles. The van der Waals surface area contributed by atoms with Gasteiger partial charge in [0.05, 0.1) is 25.7 Å². The Hall–Kier alpha value is -0.750. The van der Waals surface area contributed by atoms with E-state index in [1.54, 1.807) is 16.7 Å². The SMILES string of the molecule is COC(=O)C1CC(=O)N(C(CO)CCSC)C1. The number of nitrogens with zero attached hydrogens (tertiary/aromatic N) is 1. The van der Waals surface area contributed by atoms with Gasteiger partial charge in [-0.25, -0.2) is 0 Å². The van der Waals surface area contributed by atoms with Crippen LogP contribution in [0.2, 0.25) is 0 Å². The molecule has 1 saturated heterocycles. The maximum Gasteiger partial charge on any atom is 0.310 e. The molecule has 2 atom stereocenters. The molecule has 0 bridgehead atoms. The van der Waals surface area contributed by atoms with E-state index < -0.39 is 0 Å². The van der Waals surface area contributed by atoms with Crippen molar-refractivity contribution < 1.29 is 19.4 Å². The lowest BCUT2D eigenvalue weighted by Gasteiger charge is -2.26. The van der Waals surface area contributed by atoms with Gasteiger partial charge in [0.15, 0.2) is 0 Å². The minimum Gasteiger partial charge on any atom is -0.469 e. The van der Waals surface area contributed by atoms with Gasteiger partial charge in [-0.15, -0.1) is 0 Å². The summed E-state index contributed by atoms with van der Waals surface area (Å²) in [5, 5.41) is 9.29. The van der Waals surface area contributed by atoms with Gasteiger partial charge in [-0.1, -0.05) is 0 Å². The Labute approximate surface area is 105 Å². The van der Waals surface area contributed by atoms with E-state index in [9.17, 15) is 14.7 Å². The topological polar surface area (TPSA) is 66.8 Å². The summed E-state index contributed by atoms with van der Waals surface area (Å²) in [6.45, 7) is 0.311. The van der Waals surface area contributed by atoms with Crippen molar-refractivity contribution in [1.29, 1.82) is 0 Å². The molecule has 0 aromatic carbocycles. The summed E-state index contributed by atoms with van der Waals surface area (Å²) in [6, 6.07) is -0.176. The second kappa shape index (κ2) is 6.86. The van der Waals surface area contributed by atoms with Crippen molar-refractivity contribution in [3.05, 3.63) is 0 Å². The highest BCUT2D eigenvalue weighted by Gasteiger charge is 2.37. The zero-order valence-corrected chi connectivity index (χ0v) is 11.0. The normalized spacial score (nSPS) is 21.7. The lowest BCUT2D eigenvalue weighted by atomic mass is 10.1. The Bertz CT molecular complexity index is 285. The van der Waals surface area contributed by atoms with Crippen molar-refractivity contribution in [2.45, 2.75) is 18.9 Å². The molecule has 1 fully saturated rings. The second-order valence-electron chi connectivity index (χ2n) is 4.09. The number of methoxy groups -OCH3 is 1. The minimum atomic E-state index is -0.379. The van der Waals surface area contributed by atoms with Crippen LogP contribution < -0.4 is 0 Å². The Balaban J connectivity index is 2.58. The van der Waals surface area contributed by atoms with Crippen LogP contribution in [0.15, 0.2) is 0 Å². The van der Waals surface area contributed by atoms with Crippen LogP contribution >= 0.6 is 11.8 Å². The van der Waals surface area contributed by atoms with E-state index in [4.69, 9.17) is 0 Å². The van der Waals surface area contributed by atoms with Gasteiger partial charge in [0.2, 0.25) is 5.91 Å².